The van der Waals surface area contributed by atoms with Crippen molar-refractivity contribution in [3.8, 4) is 0 Å². The van der Waals surface area contributed by atoms with Crippen molar-refractivity contribution in [2.24, 2.45) is 0 Å². The fourth-order valence-corrected chi connectivity index (χ4v) is 2.16. The Morgan fingerprint density at radius 3 is 2.00 bits per heavy atom. The summed E-state index contributed by atoms with van der Waals surface area (Å²) < 4.78 is 0. The number of amides is 1. The molecule has 0 heterocycles. The second-order valence-corrected chi connectivity index (χ2v) is 5.59. The number of aryl methyl sites for hydroxylation is 1. The maximum Gasteiger partial charge on any atom is 0.253 e. The van der Waals surface area contributed by atoms with Gasteiger partial charge in [-0.15, -0.1) is 0 Å². The zero-order valence-corrected chi connectivity index (χ0v) is 13.1. The minimum atomic E-state index is 0.0479. The van der Waals surface area contributed by atoms with Crippen molar-refractivity contribution in [3.63, 3.8) is 0 Å². The summed E-state index contributed by atoms with van der Waals surface area (Å²) in [4.78, 5) is 16.2. The largest absolute Gasteiger partial charge is 0.378 e. The van der Waals surface area contributed by atoms with Gasteiger partial charge in [-0.25, -0.2) is 0 Å². The van der Waals surface area contributed by atoms with Gasteiger partial charge in [-0.05, 0) is 36.8 Å². The minimum absolute atomic E-state index is 0.0479. The maximum atomic E-state index is 12.4. The van der Waals surface area contributed by atoms with Crippen molar-refractivity contribution in [1.29, 1.82) is 0 Å². The summed E-state index contributed by atoms with van der Waals surface area (Å²) in [5.41, 5.74) is 4.18. The predicted octanol–water partition coefficient (Wildman–Crippen LogP) is 3.33. The molecule has 0 saturated carbocycles. The summed E-state index contributed by atoms with van der Waals surface area (Å²) in [5.74, 6) is 0.0479. The number of rotatable bonds is 4. The fraction of sp³-hybridized carbons (Fsp3) is 0.278. The average molecular weight is 282 g/mol. The first-order valence-corrected chi connectivity index (χ1v) is 7.06. The van der Waals surface area contributed by atoms with Crippen LogP contribution in [-0.2, 0) is 6.54 Å². The van der Waals surface area contributed by atoms with Crippen LogP contribution in [0.25, 0.3) is 0 Å². The summed E-state index contributed by atoms with van der Waals surface area (Å²) in [6, 6.07) is 16.0. The molecule has 0 aliphatic carbocycles. The molecular weight excluding hydrogens is 260 g/mol. The van der Waals surface area contributed by atoms with Gasteiger partial charge < -0.3 is 9.80 Å². The van der Waals surface area contributed by atoms with Crippen molar-refractivity contribution in [2.75, 3.05) is 26.0 Å². The van der Waals surface area contributed by atoms with E-state index in [9.17, 15) is 4.79 Å². The molecule has 0 aromatic heterocycles. The lowest BCUT2D eigenvalue weighted by Gasteiger charge is -2.18. The normalized spacial score (nSPS) is 10.3. The van der Waals surface area contributed by atoms with Crippen LogP contribution in [0.4, 0.5) is 5.69 Å². The molecule has 2 rings (SSSR count). The highest BCUT2D eigenvalue weighted by Crippen LogP contribution is 2.14. The van der Waals surface area contributed by atoms with Gasteiger partial charge in [0.15, 0.2) is 0 Å². The van der Waals surface area contributed by atoms with E-state index in [1.165, 1.54) is 0 Å². The Hall–Kier alpha value is -2.29. The van der Waals surface area contributed by atoms with Gasteiger partial charge in [-0.3, -0.25) is 4.79 Å². The zero-order valence-electron chi connectivity index (χ0n) is 13.1. The van der Waals surface area contributed by atoms with Gasteiger partial charge in [0.05, 0.1) is 0 Å². The first kappa shape index (κ1) is 15.1. The highest BCUT2D eigenvalue weighted by Gasteiger charge is 2.11. The third-order valence-corrected chi connectivity index (χ3v) is 3.52. The predicted molar refractivity (Wildman–Crippen MR) is 87.7 cm³/mol. The van der Waals surface area contributed by atoms with E-state index >= 15 is 0 Å². The second kappa shape index (κ2) is 6.44. The molecule has 0 atom stereocenters. The summed E-state index contributed by atoms with van der Waals surface area (Å²) in [6.45, 7) is 2.63. The molecule has 2 aromatic carbocycles. The van der Waals surface area contributed by atoms with Gasteiger partial charge >= 0.3 is 0 Å². The first-order chi connectivity index (χ1) is 9.97. The lowest BCUT2D eigenvalue weighted by atomic mass is 10.1. The lowest BCUT2D eigenvalue weighted by molar-refractivity contribution is 0.0785. The zero-order chi connectivity index (χ0) is 15.4. The highest BCUT2D eigenvalue weighted by atomic mass is 16.2. The van der Waals surface area contributed by atoms with Crippen LogP contribution >= 0.6 is 0 Å². The molecule has 3 nitrogen and oxygen atoms in total. The van der Waals surface area contributed by atoms with Crippen molar-refractivity contribution in [1.82, 2.24) is 4.90 Å². The highest BCUT2D eigenvalue weighted by molar-refractivity contribution is 5.94. The third kappa shape index (κ3) is 3.85. The molecule has 3 heteroatoms. The maximum absolute atomic E-state index is 12.4. The molecule has 0 radical (unpaired) electrons. The number of carbonyl (C=O) groups is 1. The van der Waals surface area contributed by atoms with Crippen molar-refractivity contribution in [2.45, 2.75) is 13.5 Å². The van der Waals surface area contributed by atoms with Crippen LogP contribution in [0, 0.1) is 6.92 Å². The van der Waals surface area contributed by atoms with E-state index in [-0.39, 0.29) is 5.91 Å². The number of carbonyl (C=O) groups excluding carboxylic acids is 1. The number of benzene rings is 2. The van der Waals surface area contributed by atoms with Crippen molar-refractivity contribution >= 4 is 11.6 Å². The van der Waals surface area contributed by atoms with Gasteiger partial charge in [-0.2, -0.15) is 0 Å². The van der Waals surface area contributed by atoms with Crippen molar-refractivity contribution in [3.05, 3.63) is 65.2 Å². The average Bonchev–Trinajstić information content (AvgIpc) is 2.47. The molecule has 2 aromatic rings. The smallest absolute Gasteiger partial charge is 0.253 e. The summed E-state index contributed by atoms with van der Waals surface area (Å²) in [5, 5.41) is 0. The Bertz CT molecular complexity index is 600. The van der Waals surface area contributed by atoms with E-state index in [1.54, 1.807) is 4.90 Å². The van der Waals surface area contributed by atoms with E-state index < -0.39 is 0 Å². The molecule has 1 amide bonds. The monoisotopic (exact) mass is 282 g/mol. The molecular formula is C18H22N2O. The molecule has 0 unspecified atom stereocenters. The van der Waals surface area contributed by atoms with E-state index in [1.807, 2.05) is 52.3 Å². The van der Waals surface area contributed by atoms with Gasteiger partial charge in [-0.1, -0.05) is 29.8 Å². The Labute approximate surface area is 126 Å². The fourth-order valence-electron chi connectivity index (χ4n) is 2.16. The topological polar surface area (TPSA) is 23.6 Å². The van der Waals surface area contributed by atoms with Crippen LogP contribution in [-0.4, -0.2) is 32.0 Å². The lowest BCUT2D eigenvalue weighted by Crippen LogP contribution is -2.26. The number of hydrogen-bond acceptors (Lipinski definition) is 2. The van der Waals surface area contributed by atoms with Crippen LogP contribution in [0.3, 0.4) is 0 Å². The van der Waals surface area contributed by atoms with E-state index in [2.05, 4.69) is 29.2 Å². The van der Waals surface area contributed by atoms with Crippen LogP contribution in [0.15, 0.2) is 48.5 Å². The number of anilines is 1. The Morgan fingerprint density at radius 2 is 1.48 bits per heavy atom. The SMILES string of the molecule is Cc1ccc(C(=O)N(C)Cc2ccc(N(C)C)cc2)cc1. The third-order valence-electron chi connectivity index (χ3n) is 3.52. The van der Waals surface area contributed by atoms with Gasteiger partial charge in [0.1, 0.15) is 0 Å². The Balaban J connectivity index is 2.05. The molecule has 110 valence electrons. The number of nitrogens with zero attached hydrogens (tertiary/aromatic N) is 2. The summed E-state index contributed by atoms with van der Waals surface area (Å²) in [7, 11) is 5.87. The molecule has 0 bridgehead atoms. The van der Waals surface area contributed by atoms with E-state index in [4.69, 9.17) is 0 Å². The molecule has 0 fully saturated rings. The van der Waals surface area contributed by atoms with Crippen LogP contribution in [0.1, 0.15) is 21.5 Å². The second-order valence-electron chi connectivity index (χ2n) is 5.59. The molecule has 21 heavy (non-hydrogen) atoms. The van der Waals surface area contributed by atoms with Crippen LogP contribution < -0.4 is 4.90 Å². The van der Waals surface area contributed by atoms with Crippen LogP contribution in [0.2, 0.25) is 0 Å². The molecule has 0 spiro atoms. The standard InChI is InChI=1S/C18H22N2O/c1-14-5-9-16(10-6-14)18(21)20(4)13-15-7-11-17(12-8-15)19(2)3/h5-12H,13H2,1-4H3. The Kier molecular flexibility index (Phi) is 4.63. The van der Waals surface area contributed by atoms with Gasteiger partial charge in [0.25, 0.3) is 5.91 Å². The molecule has 0 N–H and O–H groups in total. The van der Waals surface area contributed by atoms with E-state index in [0.29, 0.717) is 6.54 Å². The molecule has 0 saturated heterocycles. The quantitative estimate of drug-likeness (QED) is 0.858. The van der Waals surface area contributed by atoms with Crippen LogP contribution in [0.5, 0.6) is 0 Å². The van der Waals surface area contributed by atoms with E-state index in [0.717, 1.165) is 22.4 Å². The first-order valence-electron chi connectivity index (χ1n) is 7.06. The van der Waals surface area contributed by atoms with Crippen molar-refractivity contribution < 1.29 is 4.79 Å². The summed E-state index contributed by atoms with van der Waals surface area (Å²) in [6.07, 6.45) is 0. The summed E-state index contributed by atoms with van der Waals surface area (Å²) >= 11 is 0. The minimum Gasteiger partial charge on any atom is -0.378 e. The molecule has 0 aliphatic heterocycles. The van der Waals surface area contributed by atoms with Gasteiger partial charge in [0.2, 0.25) is 0 Å². The molecule has 0 aliphatic rings. The number of hydrogen-bond donors (Lipinski definition) is 0. The Morgan fingerprint density at radius 1 is 0.905 bits per heavy atom. The van der Waals surface area contributed by atoms with Gasteiger partial charge in [0, 0.05) is 38.9 Å².